The van der Waals surface area contributed by atoms with Crippen molar-refractivity contribution < 1.29 is 32.6 Å². The second kappa shape index (κ2) is 8.69. The van der Waals surface area contributed by atoms with Gasteiger partial charge < -0.3 is 19.1 Å². The maximum absolute atomic E-state index is 12.4. The van der Waals surface area contributed by atoms with E-state index in [1.807, 2.05) is 6.07 Å². The third kappa shape index (κ3) is 4.76. The molecular weight excluding hydrogens is 372 g/mol. The first-order valence-corrected chi connectivity index (χ1v) is 8.70. The number of esters is 1. The van der Waals surface area contributed by atoms with Crippen LogP contribution in [0.5, 0.6) is 11.5 Å². The Morgan fingerprint density at radius 1 is 1.18 bits per heavy atom. The van der Waals surface area contributed by atoms with Crippen molar-refractivity contribution in [2.45, 2.75) is 32.7 Å². The van der Waals surface area contributed by atoms with E-state index in [0.717, 1.165) is 0 Å². The molecule has 1 heterocycles. The lowest BCUT2D eigenvalue weighted by molar-refractivity contribution is -0.144. The fourth-order valence-corrected chi connectivity index (χ4v) is 2.80. The van der Waals surface area contributed by atoms with Gasteiger partial charge in [-0.2, -0.15) is 8.78 Å². The van der Waals surface area contributed by atoms with Crippen LogP contribution in [-0.4, -0.2) is 31.1 Å². The predicted molar refractivity (Wildman–Crippen MR) is 96.4 cm³/mol. The lowest BCUT2D eigenvalue weighted by atomic mass is 10.2. The number of carbonyl (C=O) groups excluding carboxylic acids is 2. The molecule has 0 aliphatic carbocycles. The van der Waals surface area contributed by atoms with E-state index in [9.17, 15) is 18.4 Å². The van der Waals surface area contributed by atoms with Crippen molar-refractivity contribution in [3.63, 3.8) is 0 Å². The minimum Gasteiger partial charge on any atom is -0.479 e. The van der Waals surface area contributed by atoms with Crippen LogP contribution in [0.3, 0.4) is 0 Å². The van der Waals surface area contributed by atoms with Crippen molar-refractivity contribution in [2.24, 2.45) is 0 Å². The number of alkyl halides is 2. The summed E-state index contributed by atoms with van der Waals surface area (Å²) in [5.74, 6) is -0.0729. The number of amides is 1. The van der Waals surface area contributed by atoms with Crippen LogP contribution in [0.15, 0.2) is 48.5 Å². The van der Waals surface area contributed by atoms with Gasteiger partial charge in [-0.05, 0) is 36.8 Å². The van der Waals surface area contributed by atoms with Gasteiger partial charge in [-0.3, -0.25) is 9.59 Å². The molecular formula is C20H19F2NO5. The second-order valence-corrected chi connectivity index (χ2v) is 6.15. The molecule has 28 heavy (non-hydrogen) atoms. The molecule has 2 aromatic rings. The summed E-state index contributed by atoms with van der Waals surface area (Å²) in [7, 11) is 0. The number of benzene rings is 2. The molecule has 0 N–H and O–H groups in total. The summed E-state index contributed by atoms with van der Waals surface area (Å²) >= 11 is 0. The number of hydrogen-bond acceptors (Lipinski definition) is 5. The maximum atomic E-state index is 12.4. The molecule has 0 bridgehead atoms. The first kappa shape index (κ1) is 19.6. The molecule has 8 heteroatoms. The summed E-state index contributed by atoms with van der Waals surface area (Å²) in [5, 5.41) is 0. The molecule has 1 atom stereocenters. The fourth-order valence-electron chi connectivity index (χ4n) is 2.80. The minimum absolute atomic E-state index is 0.00214. The van der Waals surface area contributed by atoms with Crippen LogP contribution in [0.4, 0.5) is 14.5 Å². The van der Waals surface area contributed by atoms with E-state index in [1.165, 1.54) is 29.2 Å². The molecule has 0 saturated carbocycles. The lowest BCUT2D eigenvalue weighted by Gasteiger charge is -2.32. The quantitative estimate of drug-likeness (QED) is 0.676. The third-order valence-electron chi connectivity index (χ3n) is 4.16. The highest BCUT2D eigenvalue weighted by Gasteiger charge is 2.31. The Bertz CT molecular complexity index is 841. The molecule has 0 aromatic heterocycles. The molecule has 3 rings (SSSR count). The van der Waals surface area contributed by atoms with Crippen molar-refractivity contribution in [1.82, 2.24) is 0 Å². The number of carbonyl (C=O) groups is 2. The molecule has 0 fully saturated rings. The van der Waals surface area contributed by atoms with Gasteiger partial charge in [0.25, 0.3) is 5.91 Å². The summed E-state index contributed by atoms with van der Waals surface area (Å²) in [6, 6.07) is 12.9. The van der Waals surface area contributed by atoms with Crippen molar-refractivity contribution in [3.8, 4) is 11.5 Å². The second-order valence-electron chi connectivity index (χ2n) is 6.15. The number of nitrogens with zero attached hydrogens (tertiary/aromatic N) is 1. The number of hydrogen-bond donors (Lipinski definition) is 0. The van der Waals surface area contributed by atoms with Gasteiger partial charge in [-0.1, -0.05) is 24.3 Å². The minimum atomic E-state index is -2.89. The zero-order valence-electron chi connectivity index (χ0n) is 15.1. The summed E-state index contributed by atoms with van der Waals surface area (Å²) in [6.45, 7) is -1.06. The van der Waals surface area contributed by atoms with E-state index in [2.05, 4.69) is 4.74 Å². The average Bonchev–Trinajstić information content (AvgIpc) is 2.67. The highest BCUT2D eigenvalue weighted by molar-refractivity contribution is 6.00. The highest BCUT2D eigenvalue weighted by atomic mass is 19.3. The molecule has 1 amide bonds. The van der Waals surface area contributed by atoms with E-state index in [-0.39, 0.29) is 31.2 Å². The van der Waals surface area contributed by atoms with Crippen LogP contribution >= 0.6 is 0 Å². The molecule has 1 aliphatic heterocycles. The number of halogens is 2. The maximum Gasteiger partial charge on any atom is 0.387 e. The third-order valence-corrected chi connectivity index (χ3v) is 4.16. The average molecular weight is 391 g/mol. The Morgan fingerprint density at radius 3 is 2.61 bits per heavy atom. The van der Waals surface area contributed by atoms with Gasteiger partial charge in [0.15, 0.2) is 6.10 Å². The molecule has 2 aromatic carbocycles. The van der Waals surface area contributed by atoms with Crippen LogP contribution in [0.1, 0.15) is 18.9 Å². The first-order chi connectivity index (χ1) is 13.4. The molecule has 0 saturated heterocycles. The molecule has 0 unspecified atom stereocenters. The van der Waals surface area contributed by atoms with E-state index in [1.54, 1.807) is 25.1 Å². The SMILES string of the molecule is C[C@@H]1Oc2ccccc2N(CCC(=O)OCc2ccc(OC(F)F)cc2)C1=O. The predicted octanol–water partition coefficient (Wildman–Crippen LogP) is 3.54. The van der Waals surface area contributed by atoms with Gasteiger partial charge in [0.2, 0.25) is 0 Å². The Balaban J connectivity index is 1.52. The van der Waals surface area contributed by atoms with Gasteiger partial charge >= 0.3 is 12.6 Å². The zero-order valence-corrected chi connectivity index (χ0v) is 15.1. The van der Waals surface area contributed by atoms with Gasteiger partial charge in [-0.15, -0.1) is 0 Å². The van der Waals surface area contributed by atoms with Crippen LogP contribution in [0.25, 0.3) is 0 Å². The Kier molecular flexibility index (Phi) is 6.08. The number of fused-ring (bicyclic) bond motifs is 1. The van der Waals surface area contributed by atoms with E-state index in [4.69, 9.17) is 9.47 Å². The Hall–Kier alpha value is -3.16. The zero-order chi connectivity index (χ0) is 20.1. The van der Waals surface area contributed by atoms with Crippen LogP contribution in [-0.2, 0) is 20.9 Å². The summed E-state index contributed by atoms with van der Waals surface area (Å²) in [6.07, 6.45) is -0.612. The fraction of sp³-hybridized carbons (Fsp3) is 0.300. The molecule has 0 spiro atoms. The standard InChI is InChI=1S/C20H19F2NO5/c1-13-19(25)23(16-4-2-3-5-17(16)27-13)11-10-18(24)26-12-14-6-8-15(9-7-14)28-20(21)22/h2-9,13,20H,10-12H2,1H3/t13-/m0/s1. The number of rotatable bonds is 7. The summed E-state index contributed by atoms with van der Waals surface area (Å²) in [5.41, 5.74) is 1.25. The van der Waals surface area contributed by atoms with Crippen molar-refractivity contribution in [3.05, 3.63) is 54.1 Å². The lowest BCUT2D eigenvalue weighted by Crippen LogP contribution is -2.45. The number of anilines is 1. The van der Waals surface area contributed by atoms with Crippen molar-refractivity contribution in [1.29, 1.82) is 0 Å². The monoisotopic (exact) mass is 391 g/mol. The van der Waals surface area contributed by atoms with Gasteiger partial charge in [0, 0.05) is 6.54 Å². The highest BCUT2D eigenvalue weighted by Crippen LogP contribution is 2.33. The molecule has 0 radical (unpaired) electrons. The smallest absolute Gasteiger partial charge is 0.387 e. The van der Waals surface area contributed by atoms with Crippen molar-refractivity contribution in [2.75, 3.05) is 11.4 Å². The van der Waals surface area contributed by atoms with E-state index in [0.29, 0.717) is 17.0 Å². The van der Waals surface area contributed by atoms with Gasteiger partial charge in [0.05, 0.1) is 12.1 Å². The summed E-state index contributed by atoms with van der Waals surface area (Å²) < 4.78 is 39.3. The Morgan fingerprint density at radius 2 is 1.89 bits per heavy atom. The largest absolute Gasteiger partial charge is 0.479 e. The van der Waals surface area contributed by atoms with Gasteiger partial charge in [-0.25, -0.2) is 0 Å². The van der Waals surface area contributed by atoms with Crippen molar-refractivity contribution >= 4 is 17.6 Å². The van der Waals surface area contributed by atoms with Crippen LogP contribution < -0.4 is 14.4 Å². The molecule has 1 aliphatic rings. The number of ether oxygens (including phenoxy) is 3. The van der Waals surface area contributed by atoms with Gasteiger partial charge in [0.1, 0.15) is 18.1 Å². The summed E-state index contributed by atoms with van der Waals surface area (Å²) in [4.78, 5) is 25.9. The molecule has 148 valence electrons. The Labute approximate surface area is 160 Å². The van der Waals surface area contributed by atoms with E-state index >= 15 is 0 Å². The first-order valence-electron chi connectivity index (χ1n) is 8.70. The molecule has 6 nitrogen and oxygen atoms in total. The normalized spacial score (nSPS) is 15.8. The van der Waals surface area contributed by atoms with E-state index < -0.39 is 18.7 Å². The number of para-hydroxylation sites is 2. The van der Waals surface area contributed by atoms with Crippen LogP contribution in [0, 0.1) is 0 Å². The topological polar surface area (TPSA) is 65.1 Å². The van der Waals surface area contributed by atoms with Crippen LogP contribution in [0.2, 0.25) is 0 Å².